The number of nitriles is 1. The van der Waals surface area contributed by atoms with Gasteiger partial charge >= 0.3 is 6.18 Å². The van der Waals surface area contributed by atoms with Crippen LogP contribution in [0.3, 0.4) is 0 Å². The summed E-state index contributed by atoms with van der Waals surface area (Å²) in [6.07, 6.45) is -4.67. The van der Waals surface area contributed by atoms with Gasteiger partial charge in [-0.3, -0.25) is 0 Å². The lowest BCUT2D eigenvalue weighted by Crippen LogP contribution is -2.08. The van der Waals surface area contributed by atoms with Crippen molar-refractivity contribution >= 4 is 12.6 Å². The normalized spacial score (nSPS) is 11.1. The minimum atomic E-state index is -4.67. The second-order valence-corrected chi connectivity index (χ2v) is 2.88. The SMILES string of the molecule is N#Cc1c(C(F)(F)F)ccc(F)c1S. The maximum Gasteiger partial charge on any atom is 0.417 e. The Balaban J connectivity index is 3.49. The summed E-state index contributed by atoms with van der Waals surface area (Å²) in [6.45, 7) is 0. The van der Waals surface area contributed by atoms with Crippen LogP contribution in [0.2, 0.25) is 0 Å². The molecule has 0 aliphatic carbocycles. The zero-order chi connectivity index (χ0) is 10.9. The van der Waals surface area contributed by atoms with Gasteiger partial charge in [0.05, 0.1) is 16.0 Å². The molecule has 0 spiro atoms. The van der Waals surface area contributed by atoms with E-state index in [1.807, 2.05) is 0 Å². The van der Waals surface area contributed by atoms with E-state index >= 15 is 0 Å². The third-order valence-corrected chi connectivity index (χ3v) is 1.98. The molecule has 0 aliphatic heterocycles. The number of nitrogens with zero attached hydrogens (tertiary/aromatic N) is 1. The largest absolute Gasteiger partial charge is 0.417 e. The average molecular weight is 221 g/mol. The monoisotopic (exact) mass is 221 g/mol. The minimum Gasteiger partial charge on any atom is -0.206 e. The molecule has 0 N–H and O–H groups in total. The molecule has 0 aliphatic rings. The Morgan fingerprint density at radius 3 is 2.29 bits per heavy atom. The molecular weight excluding hydrogens is 218 g/mol. The van der Waals surface area contributed by atoms with Crippen molar-refractivity contribution in [3.8, 4) is 6.07 Å². The molecule has 0 unspecified atom stereocenters. The molecule has 0 saturated heterocycles. The Morgan fingerprint density at radius 2 is 1.86 bits per heavy atom. The molecular formula is C8H3F4NS. The summed E-state index contributed by atoms with van der Waals surface area (Å²) in [7, 11) is 0. The maximum absolute atomic E-state index is 12.7. The smallest absolute Gasteiger partial charge is 0.206 e. The molecule has 0 saturated carbocycles. The van der Waals surface area contributed by atoms with Gasteiger partial charge in [0, 0.05) is 0 Å². The number of hydrogen-bond acceptors (Lipinski definition) is 2. The molecule has 0 fully saturated rings. The Hall–Kier alpha value is -1.22. The van der Waals surface area contributed by atoms with Crippen molar-refractivity contribution in [2.45, 2.75) is 11.1 Å². The molecule has 14 heavy (non-hydrogen) atoms. The lowest BCUT2D eigenvalue weighted by Gasteiger charge is -2.09. The first-order valence-corrected chi connectivity index (χ1v) is 3.81. The van der Waals surface area contributed by atoms with E-state index in [0.29, 0.717) is 12.1 Å². The molecule has 0 radical (unpaired) electrons. The summed E-state index contributed by atoms with van der Waals surface area (Å²) in [4.78, 5) is -0.581. The highest BCUT2D eigenvalue weighted by Crippen LogP contribution is 2.34. The minimum absolute atomic E-state index is 0.521. The molecule has 1 aromatic carbocycles. The molecule has 0 heterocycles. The van der Waals surface area contributed by atoms with Crippen molar-refractivity contribution in [3.05, 3.63) is 29.1 Å². The molecule has 1 rings (SSSR count). The Labute approximate surface area is 82.4 Å². The van der Waals surface area contributed by atoms with Crippen molar-refractivity contribution in [2.24, 2.45) is 0 Å². The van der Waals surface area contributed by atoms with Crippen molar-refractivity contribution in [1.82, 2.24) is 0 Å². The van der Waals surface area contributed by atoms with E-state index in [4.69, 9.17) is 5.26 Å². The number of halogens is 4. The zero-order valence-electron chi connectivity index (χ0n) is 6.56. The summed E-state index contributed by atoms with van der Waals surface area (Å²) in [5, 5.41) is 8.42. The van der Waals surface area contributed by atoms with Crippen LogP contribution in [0.4, 0.5) is 17.6 Å². The third kappa shape index (κ3) is 1.82. The van der Waals surface area contributed by atoms with Crippen LogP contribution in [0.5, 0.6) is 0 Å². The number of benzene rings is 1. The van der Waals surface area contributed by atoms with Crippen LogP contribution in [0, 0.1) is 17.1 Å². The quantitative estimate of drug-likeness (QED) is 0.528. The Morgan fingerprint density at radius 1 is 1.29 bits per heavy atom. The van der Waals surface area contributed by atoms with Gasteiger partial charge in [-0.25, -0.2) is 4.39 Å². The van der Waals surface area contributed by atoms with Crippen LogP contribution in [0.1, 0.15) is 11.1 Å². The van der Waals surface area contributed by atoms with Crippen molar-refractivity contribution < 1.29 is 17.6 Å². The predicted octanol–water partition coefficient (Wildman–Crippen LogP) is 3.00. The number of thiol groups is 1. The number of alkyl halides is 3. The van der Waals surface area contributed by atoms with Gasteiger partial charge in [0.1, 0.15) is 11.9 Å². The maximum atomic E-state index is 12.7. The van der Waals surface area contributed by atoms with Gasteiger partial charge in [0.15, 0.2) is 0 Å². The van der Waals surface area contributed by atoms with Gasteiger partial charge in [-0.1, -0.05) is 0 Å². The molecule has 0 atom stereocenters. The van der Waals surface area contributed by atoms with Crippen molar-refractivity contribution in [3.63, 3.8) is 0 Å². The second-order valence-electron chi connectivity index (χ2n) is 2.43. The molecule has 0 amide bonds. The van der Waals surface area contributed by atoms with Crippen molar-refractivity contribution in [2.75, 3.05) is 0 Å². The van der Waals surface area contributed by atoms with E-state index in [2.05, 4.69) is 12.6 Å². The number of hydrogen-bond donors (Lipinski definition) is 1. The van der Waals surface area contributed by atoms with E-state index in [1.165, 1.54) is 6.07 Å². The molecule has 6 heteroatoms. The fraction of sp³-hybridized carbons (Fsp3) is 0.125. The zero-order valence-corrected chi connectivity index (χ0v) is 7.46. The first-order chi connectivity index (χ1) is 6.38. The van der Waals surface area contributed by atoms with Gasteiger partial charge in [-0.15, -0.1) is 12.6 Å². The molecule has 1 aromatic rings. The topological polar surface area (TPSA) is 23.8 Å². The lowest BCUT2D eigenvalue weighted by molar-refractivity contribution is -0.138. The summed E-state index contributed by atoms with van der Waals surface area (Å²) in [6, 6.07) is 2.43. The Kier molecular flexibility index (Phi) is 2.71. The highest BCUT2D eigenvalue weighted by molar-refractivity contribution is 7.80. The van der Waals surface area contributed by atoms with E-state index in [1.54, 1.807) is 0 Å². The average Bonchev–Trinajstić information content (AvgIpc) is 2.07. The summed E-state index contributed by atoms with van der Waals surface area (Å²) in [5.41, 5.74) is -1.97. The van der Waals surface area contributed by atoms with Gasteiger partial charge < -0.3 is 0 Å². The summed E-state index contributed by atoms with van der Waals surface area (Å²) in [5.74, 6) is -0.946. The molecule has 0 bridgehead atoms. The van der Waals surface area contributed by atoms with Crippen molar-refractivity contribution in [1.29, 1.82) is 5.26 Å². The molecule has 0 aromatic heterocycles. The van der Waals surface area contributed by atoms with Gasteiger partial charge in [0.25, 0.3) is 0 Å². The van der Waals surface area contributed by atoms with Gasteiger partial charge in [0.2, 0.25) is 0 Å². The predicted molar refractivity (Wildman–Crippen MR) is 43.4 cm³/mol. The number of rotatable bonds is 0. The van der Waals surface area contributed by atoms with E-state index in [9.17, 15) is 17.6 Å². The summed E-state index contributed by atoms with van der Waals surface area (Å²) < 4.78 is 49.5. The molecule has 74 valence electrons. The van der Waals surface area contributed by atoms with E-state index in [0.717, 1.165) is 0 Å². The van der Waals surface area contributed by atoms with Crippen LogP contribution >= 0.6 is 12.6 Å². The highest BCUT2D eigenvalue weighted by Gasteiger charge is 2.34. The van der Waals surface area contributed by atoms with Gasteiger partial charge in [-0.2, -0.15) is 18.4 Å². The van der Waals surface area contributed by atoms with E-state index in [-0.39, 0.29) is 0 Å². The van der Waals surface area contributed by atoms with E-state index < -0.39 is 28.0 Å². The van der Waals surface area contributed by atoms with Crippen LogP contribution in [-0.2, 0) is 6.18 Å². The van der Waals surface area contributed by atoms with Crippen LogP contribution < -0.4 is 0 Å². The second kappa shape index (κ2) is 3.50. The third-order valence-electron chi connectivity index (χ3n) is 1.55. The first kappa shape index (κ1) is 10.9. The standard InChI is InChI=1S/C8H3F4NS/c9-6-2-1-5(8(10,11)12)4(3-13)7(6)14/h1-2,14H. The van der Waals surface area contributed by atoms with Crippen LogP contribution in [0.25, 0.3) is 0 Å². The van der Waals surface area contributed by atoms with Gasteiger partial charge in [-0.05, 0) is 12.1 Å². The first-order valence-electron chi connectivity index (χ1n) is 3.36. The lowest BCUT2D eigenvalue weighted by atomic mass is 10.1. The summed E-state index contributed by atoms with van der Waals surface area (Å²) >= 11 is 3.50. The fourth-order valence-corrected chi connectivity index (χ4v) is 1.16. The van der Waals surface area contributed by atoms with Crippen LogP contribution in [-0.4, -0.2) is 0 Å². The van der Waals surface area contributed by atoms with Crippen LogP contribution in [0.15, 0.2) is 17.0 Å². The highest BCUT2D eigenvalue weighted by atomic mass is 32.1. The Bertz CT molecular complexity index is 405. The fourth-order valence-electron chi connectivity index (χ4n) is 0.915. The molecule has 1 nitrogen and oxygen atoms in total.